The van der Waals surface area contributed by atoms with Crippen LogP contribution in [-0.4, -0.2) is 16.8 Å². The summed E-state index contributed by atoms with van der Waals surface area (Å²) in [5, 5.41) is 5.42. The van der Waals surface area contributed by atoms with Gasteiger partial charge in [0, 0.05) is 42.8 Å². The number of anilines is 1. The lowest BCUT2D eigenvalue weighted by atomic mass is 9.87. The standard InChI is InChI=1S/C31H31F2N3O3/c1-19(37)35-24-16-12-20(13-17-24)27-26(28(38)34-18-22-8-6-7-9-25(22)31(5,32)33)36-29(39-27)21-10-14-23(15-11-21)30(2,3)4/h6-17H,18H2,1-5H3,(H,34,38)(H,35,37). The van der Waals surface area contributed by atoms with Gasteiger partial charge in [-0.2, -0.15) is 0 Å². The highest BCUT2D eigenvalue weighted by atomic mass is 19.3. The van der Waals surface area contributed by atoms with E-state index < -0.39 is 11.8 Å². The molecule has 3 aromatic carbocycles. The van der Waals surface area contributed by atoms with Gasteiger partial charge < -0.3 is 15.1 Å². The largest absolute Gasteiger partial charge is 0.435 e. The van der Waals surface area contributed by atoms with E-state index in [1.165, 1.54) is 19.1 Å². The fourth-order valence-corrected chi connectivity index (χ4v) is 4.18. The second kappa shape index (κ2) is 10.8. The molecule has 0 saturated carbocycles. The topological polar surface area (TPSA) is 84.2 Å². The summed E-state index contributed by atoms with van der Waals surface area (Å²) in [6, 6.07) is 20.6. The number of benzene rings is 3. The number of alkyl halides is 2. The van der Waals surface area contributed by atoms with E-state index in [2.05, 4.69) is 36.4 Å². The number of oxazole rings is 1. The Morgan fingerprint density at radius 2 is 1.49 bits per heavy atom. The minimum absolute atomic E-state index is 0.0258. The summed E-state index contributed by atoms with van der Waals surface area (Å²) < 4.78 is 34.3. The Morgan fingerprint density at radius 3 is 2.08 bits per heavy atom. The Balaban J connectivity index is 1.69. The Bertz CT molecular complexity index is 1480. The Labute approximate surface area is 226 Å². The average Bonchev–Trinajstić information content (AvgIpc) is 3.32. The molecule has 0 atom stereocenters. The van der Waals surface area contributed by atoms with Crippen LogP contribution in [0.3, 0.4) is 0 Å². The van der Waals surface area contributed by atoms with Crippen LogP contribution in [0.1, 0.15) is 61.8 Å². The number of carbonyl (C=O) groups is 2. The Kier molecular flexibility index (Phi) is 7.67. The number of rotatable bonds is 7. The summed E-state index contributed by atoms with van der Waals surface area (Å²) in [6.45, 7) is 8.48. The predicted octanol–water partition coefficient (Wildman–Crippen LogP) is 7.31. The fraction of sp³-hybridized carbons (Fsp3) is 0.258. The van der Waals surface area contributed by atoms with E-state index in [-0.39, 0.29) is 40.8 Å². The first kappa shape index (κ1) is 27.7. The van der Waals surface area contributed by atoms with Crippen molar-refractivity contribution >= 4 is 17.5 Å². The van der Waals surface area contributed by atoms with Gasteiger partial charge in [0.15, 0.2) is 11.5 Å². The van der Waals surface area contributed by atoms with Crippen molar-refractivity contribution in [1.82, 2.24) is 10.3 Å². The Morgan fingerprint density at radius 1 is 0.872 bits per heavy atom. The molecule has 0 aliphatic carbocycles. The van der Waals surface area contributed by atoms with Crippen molar-refractivity contribution in [3.63, 3.8) is 0 Å². The van der Waals surface area contributed by atoms with Crippen LogP contribution in [0.25, 0.3) is 22.8 Å². The van der Waals surface area contributed by atoms with Gasteiger partial charge in [-0.3, -0.25) is 9.59 Å². The van der Waals surface area contributed by atoms with E-state index in [0.717, 1.165) is 12.5 Å². The number of hydrogen-bond acceptors (Lipinski definition) is 4. The minimum atomic E-state index is -3.05. The Hall–Kier alpha value is -4.33. The van der Waals surface area contributed by atoms with Crippen molar-refractivity contribution in [2.45, 2.75) is 52.5 Å². The highest BCUT2D eigenvalue weighted by molar-refractivity contribution is 5.98. The number of aromatic nitrogens is 1. The van der Waals surface area contributed by atoms with Crippen molar-refractivity contribution in [3.05, 3.63) is 95.2 Å². The molecule has 1 aromatic heterocycles. The highest BCUT2D eigenvalue weighted by Crippen LogP contribution is 2.33. The van der Waals surface area contributed by atoms with E-state index in [9.17, 15) is 18.4 Å². The third kappa shape index (κ3) is 6.57. The summed E-state index contributed by atoms with van der Waals surface area (Å²) in [4.78, 5) is 29.2. The zero-order valence-corrected chi connectivity index (χ0v) is 22.6. The molecular weight excluding hydrogens is 500 g/mol. The van der Waals surface area contributed by atoms with Gasteiger partial charge in [0.25, 0.3) is 11.8 Å². The van der Waals surface area contributed by atoms with Gasteiger partial charge in [-0.25, -0.2) is 13.8 Å². The lowest BCUT2D eigenvalue weighted by molar-refractivity contribution is -0.114. The number of nitrogens with one attached hydrogen (secondary N) is 2. The third-order valence-corrected chi connectivity index (χ3v) is 6.24. The van der Waals surface area contributed by atoms with Gasteiger partial charge in [0.1, 0.15) is 0 Å². The van der Waals surface area contributed by atoms with Crippen LogP contribution < -0.4 is 10.6 Å². The maximum absolute atomic E-state index is 14.1. The molecule has 2 N–H and O–H groups in total. The lowest BCUT2D eigenvalue weighted by Crippen LogP contribution is -2.25. The van der Waals surface area contributed by atoms with E-state index >= 15 is 0 Å². The molecule has 1 heterocycles. The molecule has 4 aromatic rings. The molecule has 0 spiro atoms. The summed E-state index contributed by atoms with van der Waals surface area (Å²) in [5.74, 6) is -3.34. The van der Waals surface area contributed by atoms with Crippen LogP contribution >= 0.6 is 0 Å². The SMILES string of the molecule is CC(=O)Nc1ccc(-c2oc(-c3ccc(C(C)(C)C)cc3)nc2C(=O)NCc2ccccc2C(C)(F)F)cc1. The summed E-state index contributed by atoms with van der Waals surface area (Å²) in [7, 11) is 0. The van der Waals surface area contributed by atoms with Gasteiger partial charge in [0.05, 0.1) is 0 Å². The first-order valence-electron chi connectivity index (χ1n) is 12.6. The molecular formula is C31H31F2N3O3. The van der Waals surface area contributed by atoms with Crippen LogP contribution in [0.5, 0.6) is 0 Å². The van der Waals surface area contributed by atoms with Crippen LogP contribution in [0.2, 0.25) is 0 Å². The molecule has 39 heavy (non-hydrogen) atoms. The third-order valence-electron chi connectivity index (χ3n) is 6.24. The molecule has 0 bridgehead atoms. The first-order chi connectivity index (χ1) is 18.3. The van der Waals surface area contributed by atoms with Crippen LogP contribution in [0.15, 0.2) is 77.2 Å². The zero-order chi connectivity index (χ0) is 28.4. The molecule has 8 heteroatoms. The van der Waals surface area contributed by atoms with Crippen molar-refractivity contribution in [3.8, 4) is 22.8 Å². The fourth-order valence-electron chi connectivity index (χ4n) is 4.18. The van der Waals surface area contributed by atoms with E-state index in [1.807, 2.05) is 24.3 Å². The average molecular weight is 532 g/mol. The van der Waals surface area contributed by atoms with Crippen LogP contribution in [0.4, 0.5) is 14.5 Å². The predicted molar refractivity (Wildman–Crippen MR) is 148 cm³/mol. The van der Waals surface area contributed by atoms with Crippen molar-refractivity contribution < 1.29 is 22.8 Å². The summed E-state index contributed by atoms with van der Waals surface area (Å²) >= 11 is 0. The number of nitrogens with zero attached hydrogens (tertiary/aromatic N) is 1. The molecule has 4 rings (SSSR count). The summed E-state index contributed by atoms with van der Waals surface area (Å²) in [6.07, 6.45) is 0. The molecule has 2 amide bonds. The number of halogens is 2. The van der Waals surface area contributed by atoms with E-state index in [1.54, 1.807) is 36.4 Å². The van der Waals surface area contributed by atoms with Crippen LogP contribution in [0, 0.1) is 0 Å². The van der Waals surface area contributed by atoms with Gasteiger partial charge in [-0.1, -0.05) is 57.2 Å². The number of amides is 2. The lowest BCUT2D eigenvalue weighted by Gasteiger charge is -2.18. The van der Waals surface area contributed by atoms with E-state index in [4.69, 9.17) is 4.42 Å². The molecule has 202 valence electrons. The highest BCUT2D eigenvalue weighted by Gasteiger charge is 2.28. The van der Waals surface area contributed by atoms with Gasteiger partial charge in [0.2, 0.25) is 11.8 Å². The maximum Gasteiger partial charge on any atom is 0.274 e. The summed E-state index contributed by atoms with van der Waals surface area (Å²) in [5.41, 5.74) is 3.13. The second-order valence-electron chi connectivity index (χ2n) is 10.5. The monoisotopic (exact) mass is 531 g/mol. The molecule has 0 fully saturated rings. The van der Waals surface area contributed by atoms with Crippen molar-refractivity contribution in [2.75, 3.05) is 5.32 Å². The quantitative estimate of drug-likeness (QED) is 0.262. The van der Waals surface area contributed by atoms with Crippen LogP contribution in [-0.2, 0) is 22.7 Å². The molecule has 0 unspecified atom stereocenters. The van der Waals surface area contributed by atoms with Crippen molar-refractivity contribution in [1.29, 1.82) is 0 Å². The van der Waals surface area contributed by atoms with Gasteiger partial charge >= 0.3 is 0 Å². The minimum Gasteiger partial charge on any atom is -0.435 e. The zero-order valence-electron chi connectivity index (χ0n) is 22.6. The number of hydrogen-bond donors (Lipinski definition) is 2. The molecule has 0 saturated heterocycles. The normalized spacial score (nSPS) is 11.8. The molecule has 0 aliphatic heterocycles. The molecule has 6 nitrogen and oxygen atoms in total. The maximum atomic E-state index is 14.1. The van der Waals surface area contributed by atoms with Gasteiger partial charge in [-0.15, -0.1) is 0 Å². The number of carbonyl (C=O) groups excluding carboxylic acids is 2. The smallest absolute Gasteiger partial charge is 0.274 e. The van der Waals surface area contributed by atoms with E-state index in [0.29, 0.717) is 22.4 Å². The molecule has 0 radical (unpaired) electrons. The van der Waals surface area contributed by atoms with Crippen molar-refractivity contribution in [2.24, 2.45) is 0 Å². The first-order valence-corrected chi connectivity index (χ1v) is 12.6. The molecule has 0 aliphatic rings. The van der Waals surface area contributed by atoms with Gasteiger partial charge in [-0.05, 0) is 52.9 Å². The second-order valence-corrected chi connectivity index (χ2v) is 10.5.